The topological polar surface area (TPSA) is 51.8 Å². The van der Waals surface area contributed by atoms with Crippen LogP contribution in [0.5, 0.6) is 0 Å². The molecule has 2 aromatic rings. The monoisotopic (exact) mass is 239 g/mol. The van der Waals surface area contributed by atoms with Crippen LogP contribution in [-0.2, 0) is 0 Å². The molecule has 0 aliphatic rings. The second-order valence-corrected chi connectivity index (χ2v) is 3.22. The molecule has 0 fully saturated rings. The van der Waals surface area contributed by atoms with Crippen LogP contribution < -0.4 is 0 Å². The number of aromatic nitrogens is 3. The molecule has 0 aliphatic carbocycles. The minimum Gasteiger partial charge on any atom is -0.411 e. The van der Waals surface area contributed by atoms with Crippen molar-refractivity contribution in [2.75, 3.05) is 0 Å². The predicted octanol–water partition coefficient (Wildman–Crippen LogP) is 2.20. The Kier molecular flexibility index (Phi) is 2.10. The van der Waals surface area contributed by atoms with Crippen LogP contribution in [0.15, 0.2) is 27.5 Å². The summed E-state index contributed by atoms with van der Waals surface area (Å²) in [6.07, 6.45) is 1.71. The Morgan fingerprint density at radius 1 is 1.38 bits per heavy atom. The van der Waals surface area contributed by atoms with Gasteiger partial charge in [-0.2, -0.15) is 0 Å². The van der Waals surface area contributed by atoms with Gasteiger partial charge in [-0.05, 0) is 19.1 Å². The third-order valence-corrected chi connectivity index (χ3v) is 1.86. The Balaban J connectivity index is 2.46. The number of halogens is 1. The highest BCUT2D eigenvalue weighted by Gasteiger charge is 2.05. The van der Waals surface area contributed by atoms with Crippen molar-refractivity contribution in [2.45, 2.75) is 6.92 Å². The van der Waals surface area contributed by atoms with Gasteiger partial charge in [0.15, 0.2) is 0 Å². The average molecular weight is 240 g/mol. The van der Waals surface area contributed by atoms with E-state index >= 15 is 0 Å². The highest BCUT2D eigenvalue weighted by molar-refractivity contribution is 9.10. The quantitative estimate of drug-likeness (QED) is 0.766. The number of hydrogen-bond acceptors (Lipinski definition) is 4. The third kappa shape index (κ3) is 1.75. The number of aryl methyl sites for hydroxylation is 1. The van der Waals surface area contributed by atoms with E-state index in [0.717, 1.165) is 11.3 Å². The molecule has 2 aromatic heterocycles. The molecule has 0 aromatic carbocycles. The van der Waals surface area contributed by atoms with Crippen LogP contribution >= 0.6 is 15.9 Å². The number of nitrogens with zero attached hydrogens (tertiary/aromatic N) is 3. The molecule has 4 nitrogen and oxygen atoms in total. The molecule has 0 unspecified atom stereocenters. The molecule has 0 bridgehead atoms. The van der Waals surface area contributed by atoms with E-state index in [1.54, 1.807) is 6.20 Å². The Hall–Kier alpha value is -1.23. The fraction of sp³-hybridized carbons (Fsp3) is 0.125. The second kappa shape index (κ2) is 3.26. The molecule has 2 rings (SSSR count). The molecule has 0 atom stereocenters. The Morgan fingerprint density at radius 2 is 2.23 bits per heavy atom. The van der Waals surface area contributed by atoms with Gasteiger partial charge < -0.3 is 4.42 Å². The van der Waals surface area contributed by atoms with Gasteiger partial charge in [0.25, 0.3) is 4.80 Å². The first-order valence-electron chi connectivity index (χ1n) is 3.68. The maximum Gasteiger partial charge on any atom is 0.285 e. The molecule has 0 aliphatic heterocycles. The molecule has 0 amide bonds. The summed E-state index contributed by atoms with van der Waals surface area (Å²) in [6.45, 7) is 1.91. The zero-order valence-corrected chi connectivity index (χ0v) is 8.45. The Labute approximate surface area is 83.1 Å². The minimum atomic E-state index is 0.386. The maximum absolute atomic E-state index is 5.19. The predicted molar refractivity (Wildman–Crippen MR) is 50.0 cm³/mol. The molecule has 5 heteroatoms. The van der Waals surface area contributed by atoms with Crippen LogP contribution in [0.1, 0.15) is 5.69 Å². The van der Waals surface area contributed by atoms with Gasteiger partial charge in [0.2, 0.25) is 5.89 Å². The third-order valence-electron chi connectivity index (χ3n) is 1.54. The van der Waals surface area contributed by atoms with E-state index in [1.165, 1.54) is 0 Å². The zero-order chi connectivity index (χ0) is 9.26. The van der Waals surface area contributed by atoms with Gasteiger partial charge in [0.1, 0.15) is 0 Å². The summed E-state index contributed by atoms with van der Waals surface area (Å²) in [5, 5.41) is 7.54. The normalized spacial score (nSPS) is 10.3. The van der Waals surface area contributed by atoms with Crippen molar-refractivity contribution < 1.29 is 4.42 Å². The van der Waals surface area contributed by atoms with E-state index in [2.05, 4.69) is 31.1 Å². The van der Waals surface area contributed by atoms with E-state index < -0.39 is 0 Å². The van der Waals surface area contributed by atoms with E-state index in [9.17, 15) is 0 Å². The first-order valence-corrected chi connectivity index (χ1v) is 4.47. The van der Waals surface area contributed by atoms with E-state index in [0.29, 0.717) is 10.7 Å². The molecule has 2 heterocycles. The number of pyridine rings is 1. The summed E-state index contributed by atoms with van der Waals surface area (Å²) < 4.78 is 5.19. The van der Waals surface area contributed by atoms with Crippen molar-refractivity contribution in [3.05, 3.63) is 28.8 Å². The number of rotatable bonds is 1. The summed E-state index contributed by atoms with van der Waals surface area (Å²) in [6, 6.07) is 3.72. The van der Waals surface area contributed by atoms with Crippen LogP contribution in [0.3, 0.4) is 0 Å². The molecule has 13 heavy (non-hydrogen) atoms. The summed E-state index contributed by atoms with van der Waals surface area (Å²) >= 11 is 3.09. The van der Waals surface area contributed by atoms with Gasteiger partial charge in [-0.25, -0.2) is 0 Å². The highest BCUT2D eigenvalue weighted by Crippen LogP contribution is 2.19. The lowest BCUT2D eigenvalue weighted by Gasteiger charge is -1.94. The zero-order valence-electron chi connectivity index (χ0n) is 6.86. The lowest BCUT2D eigenvalue weighted by Crippen LogP contribution is -1.82. The minimum absolute atomic E-state index is 0.386. The fourth-order valence-corrected chi connectivity index (χ4v) is 1.23. The summed E-state index contributed by atoms with van der Waals surface area (Å²) in [5.41, 5.74) is 1.80. The van der Waals surface area contributed by atoms with Crippen molar-refractivity contribution in [1.82, 2.24) is 15.2 Å². The largest absolute Gasteiger partial charge is 0.411 e. The van der Waals surface area contributed by atoms with E-state index in [-0.39, 0.29) is 0 Å². The van der Waals surface area contributed by atoms with Crippen LogP contribution in [0.4, 0.5) is 0 Å². The van der Waals surface area contributed by atoms with Crippen molar-refractivity contribution in [1.29, 1.82) is 0 Å². The lowest BCUT2D eigenvalue weighted by molar-refractivity contribution is 0.540. The summed E-state index contributed by atoms with van der Waals surface area (Å²) in [7, 11) is 0. The van der Waals surface area contributed by atoms with Crippen LogP contribution in [-0.4, -0.2) is 15.2 Å². The van der Waals surface area contributed by atoms with Gasteiger partial charge in [-0.3, -0.25) is 4.98 Å². The SMILES string of the molecule is Cc1cc(-c2nnc(Br)o2)ccn1. The van der Waals surface area contributed by atoms with Crippen molar-refractivity contribution >= 4 is 15.9 Å². The molecular formula is C8H6BrN3O. The van der Waals surface area contributed by atoms with Gasteiger partial charge in [-0.15, -0.1) is 10.2 Å². The van der Waals surface area contributed by atoms with Crippen molar-refractivity contribution in [3.8, 4) is 11.5 Å². The van der Waals surface area contributed by atoms with E-state index in [1.807, 2.05) is 19.1 Å². The smallest absolute Gasteiger partial charge is 0.285 e. The molecule has 0 N–H and O–H groups in total. The molecule has 0 saturated heterocycles. The second-order valence-electron chi connectivity index (χ2n) is 2.55. The molecule has 0 saturated carbocycles. The molecule has 0 spiro atoms. The molecule has 0 radical (unpaired) electrons. The van der Waals surface area contributed by atoms with Gasteiger partial charge in [0, 0.05) is 33.4 Å². The maximum atomic E-state index is 5.19. The highest BCUT2D eigenvalue weighted by atomic mass is 79.9. The molecule has 66 valence electrons. The fourth-order valence-electron chi connectivity index (χ4n) is 1.00. The summed E-state index contributed by atoms with van der Waals surface area (Å²) in [5.74, 6) is 0.498. The lowest BCUT2D eigenvalue weighted by atomic mass is 10.2. The first-order chi connectivity index (χ1) is 6.25. The summed E-state index contributed by atoms with van der Waals surface area (Å²) in [4.78, 5) is 4.46. The van der Waals surface area contributed by atoms with Gasteiger partial charge >= 0.3 is 0 Å². The van der Waals surface area contributed by atoms with Gasteiger partial charge in [-0.1, -0.05) is 0 Å². The first kappa shape index (κ1) is 8.37. The van der Waals surface area contributed by atoms with E-state index in [4.69, 9.17) is 4.42 Å². The average Bonchev–Trinajstić information content (AvgIpc) is 2.52. The van der Waals surface area contributed by atoms with Crippen molar-refractivity contribution in [3.63, 3.8) is 0 Å². The standard InChI is InChI=1S/C8H6BrN3O/c1-5-4-6(2-3-10-5)7-11-12-8(9)13-7/h2-4H,1H3. The van der Waals surface area contributed by atoms with Gasteiger partial charge in [0.05, 0.1) is 0 Å². The molecular weight excluding hydrogens is 234 g/mol. The Bertz CT molecular complexity index is 427. The van der Waals surface area contributed by atoms with Crippen LogP contribution in [0.2, 0.25) is 0 Å². The van der Waals surface area contributed by atoms with Crippen LogP contribution in [0.25, 0.3) is 11.5 Å². The Morgan fingerprint density at radius 3 is 2.85 bits per heavy atom. The van der Waals surface area contributed by atoms with Crippen molar-refractivity contribution in [2.24, 2.45) is 0 Å². The number of hydrogen-bond donors (Lipinski definition) is 0. The van der Waals surface area contributed by atoms with Crippen LogP contribution in [0, 0.1) is 6.92 Å².